The molecule has 0 amide bonds. The van der Waals surface area contributed by atoms with Gasteiger partial charge in [0.15, 0.2) is 0 Å². The second kappa shape index (κ2) is 6.01. The van der Waals surface area contributed by atoms with E-state index < -0.39 is 0 Å². The van der Waals surface area contributed by atoms with Gasteiger partial charge in [0.2, 0.25) is 5.88 Å². The summed E-state index contributed by atoms with van der Waals surface area (Å²) < 4.78 is 6.02. The van der Waals surface area contributed by atoms with Crippen molar-refractivity contribution in [3.8, 4) is 5.88 Å². The highest BCUT2D eigenvalue weighted by Gasteiger charge is 2.23. The number of ether oxygens (including phenoxy) is 1. The van der Waals surface area contributed by atoms with Gasteiger partial charge in [0, 0.05) is 12.6 Å². The molecule has 0 aromatic carbocycles. The predicted octanol–water partition coefficient (Wildman–Crippen LogP) is 2.76. The Labute approximate surface area is 104 Å². The molecule has 0 bridgehead atoms. The van der Waals surface area contributed by atoms with Gasteiger partial charge in [0.25, 0.3) is 0 Å². The van der Waals surface area contributed by atoms with Crippen LogP contribution in [0.2, 0.25) is 0 Å². The lowest BCUT2D eigenvalue weighted by atomic mass is 9.88. The Kier molecular flexibility index (Phi) is 4.37. The Hall–Kier alpha value is -1.09. The molecule has 3 nitrogen and oxygen atoms in total. The fourth-order valence-electron chi connectivity index (χ4n) is 2.42. The van der Waals surface area contributed by atoms with Crippen LogP contribution < -0.4 is 10.1 Å². The molecule has 0 radical (unpaired) electrons. The molecule has 1 saturated carbocycles. The molecule has 1 N–H and O–H groups in total. The molecule has 0 spiro atoms. The van der Waals surface area contributed by atoms with Crippen molar-refractivity contribution in [2.24, 2.45) is 5.92 Å². The van der Waals surface area contributed by atoms with Crippen LogP contribution in [0.3, 0.4) is 0 Å². The van der Waals surface area contributed by atoms with Crippen molar-refractivity contribution in [2.75, 3.05) is 7.05 Å². The van der Waals surface area contributed by atoms with E-state index in [9.17, 15) is 0 Å². The number of nitrogens with zero attached hydrogens (tertiary/aromatic N) is 1. The van der Waals surface area contributed by atoms with Crippen LogP contribution in [-0.2, 0) is 6.54 Å². The van der Waals surface area contributed by atoms with Crippen LogP contribution in [0.4, 0.5) is 0 Å². The van der Waals surface area contributed by atoms with Crippen LogP contribution in [0.25, 0.3) is 0 Å². The van der Waals surface area contributed by atoms with Crippen LogP contribution >= 0.6 is 0 Å². The third kappa shape index (κ3) is 3.43. The minimum absolute atomic E-state index is 0.348. The Bertz CT molecular complexity index is 354. The highest BCUT2D eigenvalue weighted by molar-refractivity contribution is 5.16. The number of pyridine rings is 1. The van der Waals surface area contributed by atoms with Gasteiger partial charge in [0.05, 0.1) is 5.69 Å². The lowest BCUT2D eigenvalue weighted by molar-refractivity contribution is 0.0973. The molecule has 1 fully saturated rings. The zero-order valence-electron chi connectivity index (χ0n) is 10.8. The van der Waals surface area contributed by atoms with Crippen molar-refractivity contribution < 1.29 is 4.74 Å². The zero-order chi connectivity index (χ0) is 12.1. The third-order valence-corrected chi connectivity index (χ3v) is 3.44. The second-order valence-corrected chi connectivity index (χ2v) is 4.92. The first-order chi connectivity index (χ1) is 8.29. The molecule has 2 rings (SSSR count). The molecule has 1 aromatic heterocycles. The lowest BCUT2D eigenvalue weighted by Gasteiger charge is -2.28. The summed E-state index contributed by atoms with van der Waals surface area (Å²) in [6.07, 6.45) is 5.42. The summed E-state index contributed by atoms with van der Waals surface area (Å²) in [5.41, 5.74) is 1.04. The zero-order valence-corrected chi connectivity index (χ0v) is 10.8. The van der Waals surface area contributed by atoms with Gasteiger partial charge in [0.1, 0.15) is 6.10 Å². The minimum atomic E-state index is 0.348. The largest absolute Gasteiger partial charge is 0.474 e. The molecule has 1 aliphatic rings. The fourth-order valence-corrected chi connectivity index (χ4v) is 2.42. The van der Waals surface area contributed by atoms with Crippen LogP contribution in [0, 0.1) is 5.92 Å². The van der Waals surface area contributed by atoms with Crippen LogP contribution in [0.15, 0.2) is 18.2 Å². The lowest BCUT2D eigenvalue weighted by Crippen LogP contribution is -2.28. The highest BCUT2D eigenvalue weighted by atomic mass is 16.5. The number of rotatable bonds is 4. The van der Waals surface area contributed by atoms with Crippen LogP contribution in [0.1, 0.15) is 38.3 Å². The number of aromatic nitrogens is 1. The molecule has 0 saturated heterocycles. The first-order valence-corrected chi connectivity index (χ1v) is 6.57. The average molecular weight is 234 g/mol. The van der Waals surface area contributed by atoms with E-state index in [1.807, 2.05) is 25.2 Å². The van der Waals surface area contributed by atoms with E-state index in [1.54, 1.807) is 0 Å². The molecule has 1 heterocycles. The van der Waals surface area contributed by atoms with Crippen molar-refractivity contribution in [3.05, 3.63) is 23.9 Å². The maximum atomic E-state index is 6.02. The first kappa shape index (κ1) is 12.4. The number of hydrogen-bond acceptors (Lipinski definition) is 3. The molecule has 17 heavy (non-hydrogen) atoms. The van der Waals surface area contributed by atoms with E-state index in [-0.39, 0.29) is 0 Å². The Morgan fingerprint density at radius 1 is 1.35 bits per heavy atom. The monoisotopic (exact) mass is 234 g/mol. The molecule has 94 valence electrons. The normalized spacial score (nSPS) is 24.6. The van der Waals surface area contributed by atoms with Gasteiger partial charge in [-0.3, -0.25) is 0 Å². The van der Waals surface area contributed by atoms with E-state index in [2.05, 4.69) is 17.2 Å². The quantitative estimate of drug-likeness (QED) is 0.870. The summed E-state index contributed by atoms with van der Waals surface area (Å²) in [5, 5.41) is 3.11. The van der Waals surface area contributed by atoms with Gasteiger partial charge in [-0.15, -0.1) is 0 Å². The number of nitrogens with one attached hydrogen (secondary N) is 1. The predicted molar refractivity (Wildman–Crippen MR) is 69.0 cm³/mol. The number of hydrogen-bond donors (Lipinski definition) is 1. The molecule has 1 aliphatic carbocycles. The van der Waals surface area contributed by atoms with Crippen molar-refractivity contribution in [2.45, 2.75) is 45.3 Å². The van der Waals surface area contributed by atoms with Crippen molar-refractivity contribution in [3.63, 3.8) is 0 Å². The van der Waals surface area contributed by atoms with E-state index in [4.69, 9.17) is 4.74 Å². The summed E-state index contributed by atoms with van der Waals surface area (Å²) in [6.45, 7) is 3.07. The van der Waals surface area contributed by atoms with E-state index in [1.165, 1.54) is 25.7 Å². The first-order valence-electron chi connectivity index (χ1n) is 6.57. The molecule has 0 aliphatic heterocycles. The van der Waals surface area contributed by atoms with Crippen molar-refractivity contribution in [1.29, 1.82) is 0 Å². The van der Waals surface area contributed by atoms with Crippen molar-refractivity contribution >= 4 is 0 Å². The summed E-state index contributed by atoms with van der Waals surface area (Å²) >= 11 is 0. The average Bonchev–Trinajstić information content (AvgIpc) is 2.33. The molecular weight excluding hydrogens is 212 g/mol. The van der Waals surface area contributed by atoms with Gasteiger partial charge in [-0.2, -0.15) is 0 Å². The third-order valence-electron chi connectivity index (χ3n) is 3.44. The Morgan fingerprint density at radius 2 is 2.18 bits per heavy atom. The molecule has 1 aromatic rings. The SMILES string of the molecule is CNCc1cccc(OC2CCCCC2C)n1. The Morgan fingerprint density at radius 3 is 2.94 bits per heavy atom. The van der Waals surface area contributed by atoms with Crippen LogP contribution in [0.5, 0.6) is 5.88 Å². The highest BCUT2D eigenvalue weighted by Crippen LogP contribution is 2.27. The van der Waals surface area contributed by atoms with Crippen LogP contribution in [-0.4, -0.2) is 18.1 Å². The van der Waals surface area contributed by atoms with E-state index in [0.717, 1.165) is 18.1 Å². The topological polar surface area (TPSA) is 34.1 Å². The summed E-state index contributed by atoms with van der Waals surface area (Å²) in [4.78, 5) is 4.51. The van der Waals surface area contributed by atoms with E-state index >= 15 is 0 Å². The summed E-state index contributed by atoms with van der Waals surface area (Å²) in [6, 6.07) is 6.00. The second-order valence-electron chi connectivity index (χ2n) is 4.92. The maximum Gasteiger partial charge on any atom is 0.213 e. The van der Waals surface area contributed by atoms with Gasteiger partial charge in [-0.05, 0) is 38.3 Å². The fraction of sp³-hybridized carbons (Fsp3) is 0.643. The molecule has 3 heteroatoms. The molecular formula is C14H22N2O. The maximum absolute atomic E-state index is 6.02. The van der Waals surface area contributed by atoms with Gasteiger partial charge < -0.3 is 10.1 Å². The molecule has 2 unspecified atom stereocenters. The standard InChI is InChI=1S/C14H22N2O/c1-11-6-3-4-8-13(11)17-14-9-5-7-12(16-14)10-15-2/h5,7,9,11,13,15H,3-4,6,8,10H2,1-2H3. The van der Waals surface area contributed by atoms with Gasteiger partial charge in [-0.1, -0.05) is 19.4 Å². The summed E-state index contributed by atoms with van der Waals surface area (Å²) in [5.74, 6) is 1.43. The van der Waals surface area contributed by atoms with Gasteiger partial charge in [-0.25, -0.2) is 4.98 Å². The van der Waals surface area contributed by atoms with E-state index in [0.29, 0.717) is 12.0 Å². The minimum Gasteiger partial charge on any atom is -0.474 e. The Balaban J connectivity index is 1.99. The molecule has 2 atom stereocenters. The van der Waals surface area contributed by atoms with Gasteiger partial charge >= 0.3 is 0 Å². The van der Waals surface area contributed by atoms with Crippen molar-refractivity contribution in [1.82, 2.24) is 10.3 Å². The smallest absolute Gasteiger partial charge is 0.213 e. The summed E-state index contributed by atoms with van der Waals surface area (Å²) in [7, 11) is 1.93.